The Bertz CT molecular complexity index is 512. The van der Waals surface area contributed by atoms with E-state index in [0.29, 0.717) is 11.5 Å². The van der Waals surface area contributed by atoms with Gasteiger partial charge in [-0.1, -0.05) is 6.92 Å². The van der Waals surface area contributed by atoms with Crippen molar-refractivity contribution in [3.05, 3.63) is 20.8 Å². The first-order chi connectivity index (χ1) is 9.00. The van der Waals surface area contributed by atoms with Gasteiger partial charge in [-0.2, -0.15) is 0 Å². The SMILES string of the molecule is CCCNC(Cc1cc(Br)cs1)C1CCS(=O)(=O)C1. The van der Waals surface area contributed by atoms with Gasteiger partial charge in [-0.25, -0.2) is 8.42 Å². The van der Waals surface area contributed by atoms with Crippen molar-refractivity contribution < 1.29 is 8.42 Å². The molecular formula is C13H20BrNO2S2. The summed E-state index contributed by atoms with van der Waals surface area (Å²) in [5, 5.41) is 5.61. The number of rotatable bonds is 6. The van der Waals surface area contributed by atoms with E-state index >= 15 is 0 Å². The van der Waals surface area contributed by atoms with Crippen molar-refractivity contribution in [3.8, 4) is 0 Å². The van der Waals surface area contributed by atoms with Crippen LogP contribution >= 0.6 is 27.3 Å². The Hall–Kier alpha value is 0.0900. The van der Waals surface area contributed by atoms with Crippen molar-refractivity contribution in [3.63, 3.8) is 0 Å². The van der Waals surface area contributed by atoms with E-state index in [0.717, 1.165) is 30.3 Å². The van der Waals surface area contributed by atoms with E-state index in [1.807, 2.05) is 0 Å². The summed E-state index contributed by atoms with van der Waals surface area (Å²) in [6.45, 7) is 3.09. The molecule has 2 rings (SSSR count). The van der Waals surface area contributed by atoms with Crippen molar-refractivity contribution in [1.82, 2.24) is 5.32 Å². The fourth-order valence-electron chi connectivity index (χ4n) is 2.55. The van der Waals surface area contributed by atoms with Gasteiger partial charge in [0.05, 0.1) is 11.5 Å². The number of thiophene rings is 1. The smallest absolute Gasteiger partial charge is 0.150 e. The molecule has 108 valence electrons. The Morgan fingerprint density at radius 1 is 1.58 bits per heavy atom. The van der Waals surface area contributed by atoms with Gasteiger partial charge >= 0.3 is 0 Å². The molecule has 0 aromatic carbocycles. The third-order valence-electron chi connectivity index (χ3n) is 3.54. The van der Waals surface area contributed by atoms with Crippen molar-refractivity contribution in [2.75, 3.05) is 18.1 Å². The topological polar surface area (TPSA) is 46.2 Å². The van der Waals surface area contributed by atoms with Crippen LogP contribution in [0, 0.1) is 5.92 Å². The first-order valence-corrected chi connectivity index (χ1v) is 10.2. The first-order valence-electron chi connectivity index (χ1n) is 6.67. The van der Waals surface area contributed by atoms with Crippen LogP contribution in [0.25, 0.3) is 0 Å². The fourth-order valence-corrected chi connectivity index (χ4v) is 5.94. The van der Waals surface area contributed by atoms with Gasteiger partial charge in [0, 0.05) is 20.8 Å². The van der Waals surface area contributed by atoms with Crippen LogP contribution in [0.15, 0.2) is 15.9 Å². The third kappa shape index (κ3) is 4.55. The molecule has 1 aromatic heterocycles. The van der Waals surface area contributed by atoms with E-state index in [4.69, 9.17) is 0 Å². The highest BCUT2D eigenvalue weighted by Crippen LogP contribution is 2.27. The molecule has 1 aliphatic heterocycles. The summed E-state index contributed by atoms with van der Waals surface area (Å²) in [5.74, 6) is 0.967. The Morgan fingerprint density at radius 3 is 2.89 bits per heavy atom. The first kappa shape index (κ1) is 15.5. The summed E-state index contributed by atoms with van der Waals surface area (Å²) in [7, 11) is -2.80. The predicted octanol–water partition coefficient (Wildman–Crippen LogP) is 2.86. The molecule has 2 heterocycles. The Labute approximate surface area is 127 Å². The molecule has 0 bridgehead atoms. The maximum atomic E-state index is 11.6. The van der Waals surface area contributed by atoms with Gasteiger partial charge in [-0.15, -0.1) is 11.3 Å². The van der Waals surface area contributed by atoms with Gasteiger partial charge in [0.1, 0.15) is 0 Å². The highest BCUT2D eigenvalue weighted by atomic mass is 79.9. The molecule has 2 atom stereocenters. The molecule has 6 heteroatoms. The van der Waals surface area contributed by atoms with E-state index < -0.39 is 9.84 Å². The fraction of sp³-hybridized carbons (Fsp3) is 0.692. The van der Waals surface area contributed by atoms with Gasteiger partial charge in [0.25, 0.3) is 0 Å². The number of halogens is 1. The minimum atomic E-state index is -2.80. The van der Waals surface area contributed by atoms with Crippen molar-refractivity contribution in [2.24, 2.45) is 5.92 Å². The summed E-state index contributed by atoms with van der Waals surface area (Å²) in [5.41, 5.74) is 0. The highest BCUT2D eigenvalue weighted by molar-refractivity contribution is 9.10. The van der Waals surface area contributed by atoms with Crippen molar-refractivity contribution in [2.45, 2.75) is 32.2 Å². The second-order valence-corrected chi connectivity index (χ2v) is 9.30. The zero-order chi connectivity index (χ0) is 13.9. The normalized spacial score (nSPS) is 23.6. The predicted molar refractivity (Wildman–Crippen MR) is 84.6 cm³/mol. The molecule has 0 saturated carbocycles. The van der Waals surface area contributed by atoms with E-state index in [2.05, 4.69) is 39.6 Å². The lowest BCUT2D eigenvalue weighted by atomic mass is 9.95. The number of hydrogen-bond donors (Lipinski definition) is 1. The average molecular weight is 366 g/mol. The monoisotopic (exact) mass is 365 g/mol. The Kier molecular flexibility index (Phi) is 5.45. The molecule has 3 nitrogen and oxygen atoms in total. The van der Waals surface area contributed by atoms with Crippen LogP contribution in [-0.4, -0.2) is 32.5 Å². The lowest BCUT2D eigenvalue weighted by Gasteiger charge is -2.23. The highest BCUT2D eigenvalue weighted by Gasteiger charge is 2.33. The van der Waals surface area contributed by atoms with E-state index in [-0.39, 0.29) is 12.0 Å². The van der Waals surface area contributed by atoms with Gasteiger partial charge in [0.2, 0.25) is 0 Å². The second-order valence-electron chi connectivity index (χ2n) is 5.16. The van der Waals surface area contributed by atoms with Crippen molar-refractivity contribution >= 4 is 37.1 Å². The quantitative estimate of drug-likeness (QED) is 0.842. The number of nitrogens with one attached hydrogen (secondary N) is 1. The standard InChI is InChI=1S/C13H20BrNO2S2/c1-2-4-15-13(7-12-6-11(14)8-18-12)10-3-5-19(16,17)9-10/h6,8,10,13,15H,2-5,7,9H2,1H3. The zero-order valence-corrected chi connectivity index (χ0v) is 14.3. The molecule has 0 radical (unpaired) electrons. The maximum Gasteiger partial charge on any atom is 0.150 e. The maximum absolute atomic E-state index is 11.6. The molecule has 1 fully saturated rings. The Morgan fingerprint density at radius 2 is 2.37 bits per heavy atom. The van der Waals surface area contributed by atoms with Crippen LogP contribution in [0.3, 0.4) is 0 Å². The molecule has 1 N–H and O–H groups in total. The van der Waals surface area contributed by atoms with E-state index in [9.17, 15) is 8.42 Å². The van der Waals surface area contributed by atoms with E-state index in [1.165, 1.54) is 4.88 Å². The molecule has 2 unspecified atom stereocenters. The van der Waals surface area contributed by atoms with Gasteiger partial charge in [-0.05, 0) is 53.7 Å². The van der Waals surface area contributed by atoms with E-state index in [1.54, 1.807) is 11.3 Å². The van der Waals surface area contributed by atoms with Crippen LogP contribution in [0.1, 0.15) is 24.6 Å². The van der Waals surface area contributed by atoms with Crippen molar-refractivity contribution in [1.29, 1.82) is 0 Å². The molecule has 0 spiro atoms. The minimum Gasteiger partial charge on any atom is -0.313 e. The summed E-state index contributed by atoms with van der Waals surface area (Å²) in [6.07, 6.45) is 2.80. The molecule has 1 aromatic rings. The lowest BCUT2D eigenvalue weighted by molar-refractivity contribution is 0.381. The summed E-state index contributed by atoms with van der Waals surface area (Å²) in [6, 6.07) is 2.41. The molecule has 1 aliphatic rings. The zero-order valence-electron chi connectivity index (χ0n) is 11.1. The number of hydrogen-bond acceptors (Lipinski definition) is 4. The third-order valence-corrected chi connectivity index (χ3v) is 7.05. The summed E-state index contributed by atoms with van der Waals surface area (Å²) < 4.78 is 24.4. The largest absolute Gasteiger partial charge is 0.313 e. The van der Waals surface area contributed by atoms with Crippen LogP contribution < -0.4 is 5.32 Å². The average Bonchev–Trinajstić information content (AvgIpc) is 2.90. The second kappa shape index (κ2) is 6.70. The summed E-state index contributed by atoms with van der Waals surface area (Å²) in [4.78, 5) is 1.31. The van der Waals surface area contributed by atoms with Crippen LogP contribution in [0.4, 0.5) is 0 Å². The lowest BCUT2D eigenvalue weighted by Crippen LogP contribution is -2.39. The molecule has 0 aliphatic carbocycles. The van der Waals surface area contributed by atoms with Gasteiger partial charge in [-0.3, -0.25) is 0 Å². The van der Waals surface area contributed by atoms with Crippen LogP contribution in [0.5, 0.6) is 0 Å². The Balaban J connectivity index is 2.03. The van der Waals surface area contributed by atoms with Crippen LogP contribution in [0.2, 0.25) is 0 Å². The van der Waals surface area contributed by atoms with Crippen LogP contribution in [-0.2, 0) is 16.3 Å². The van der Waals surface area contributed by atoms with Gasteiger partial charge in [0.15, 0.2) is 9.84 Å². The number of sulfone groups is 1. The molecular weight excluding hydrogens is 346 g/mol. The molecule has 0 amide bonds. The van der Waals surface area contributed by atoms with Gasteiger partial charge < -0.3 is 5.32 Å². The summed E-state index contributed by atoms with van der Waals surface area (Å²) >= 11 is 5.20. The molecule has 1 saturated heterocycles. The minimum absolute atomic E-state index is 0.262. The molecule has 19 heavy (non-hydrogen) atoms.